The van der Waals surface area contributed by atoms with E-state index in [9.17, 15) is 15.2 Å². The van der Waals surface area contributed by atoms with E-state index in [4.69, 9.17) is 0 Å². The number of aryl methyl sites for hydroxylation is 1. The van der Waals surface area contributed by atoms with Crippen molar-refractivity contribution in [3.63, 3.8) is 0 Å². The van der Waals surface area contributed by atoms with Gasteiger partial charge in [0.05, 0.1) is 17.6 Å². The minimum atomic E-state index is -0.599. The molecule has 25 heavy (non-hydrogen) atoms. The number of aromatic nitrogens is 2. The van der Waals surface area contributed by atoms with Gasteiger partial charge in [-0.15, -0.1) is 0 Å². The molecule has 0 amide bonds. The molecular formula is C18H24N4O3. The number of likely N-dealkylation sites (tertiary alicyclic amines) is 1. The highest BCUT2D eigenvalue weighted by molar-refractivity contribution is 5.22. The number of aliphatic hydroxyl groups is 1. The molecule has 3 rings (SSSR count). The fraction of sp³-hybridized carbons (Fsp3) is 0.500. The van der Waals surface area contributed by atoms with Gasteiger partial charge >= 0.3 is 5.69 Å². The number of nitro groups is 1. The van der Waals surface area contributed by atoms with E-state index in [1.807, 2.05) is 0 Å². The van der Waals surface area contributed by atoms with E-state index in [1.165, 1.54) is 28.2 Å². The monoisotopic (exact) mass is 344 g/mol. The molecule has 0 spiro atoms. The van der Waals surface area contributed by atoms with E-state index in [-0.39, 0.29) is 12.2 Å². The van der Waals surface area contributed by atoms with Crippen LogP contribution in [-0.4, -0.2) is 49.9 Å². The maximum absolute atomic E-state index is 10.7. The van der Waals surface area contributed by atoms with Gasteiger partial charge in [0.25, 0.3) is 0 Å². The standard InChI is InChI=1S/C18H24N4O3/c1-14-4-6-15(7-5-14)9-16-3-2-8-20(16)12-18(23)13-21-11-17(10-19-21)22(24)25/h4-7,10-11,16,18,23H,2-3,8-9,12-13H2,1H3. The van der Waals surface area contributed by atoms with Crippen molar-refractivity contribution in [1.82, 2.24) is 14.7 Å². The number of hydrogen-bond donors (Lipinski definition) is 1. The molecule has 1 aliphatic rings. The molecule has 0 bridgehead atoms. The van der Waals surface area contributed by atoms with Gasteiger partial charge < -0.3 is 5.11 Å². The number of rotatable bonds is 7. The van der Waals surface area contributed by atoms with Crippen LogP contribution in [0.1, 0.15) is 24.0 Å². The van der Waals surface area contributed by atoms with Crippen LogP contribution in [0.3, 0.4) is 0 Å². The number of β-amino-alcohol motifs (C(OH)–C–C–N with tert-alkyl or cyclic N) is 1. The average molecular weight is 344 g/mol. The molecule has 1 N–H and O–H groups in total. The first-order chi connectivity index (χ1) is 12.0. The third-order valence-electron chi connectivity index (χ3n) is 4.76. The first kappa shape index (κ1) is 17.6. The molecule has 0 aliphatic carbocycles. The Morgan fingerprint density at radius 3 is 2.80 bits per heavy atom. The van der Waals surface area contributed by atoms with Crippen molar-refractivity contribution in [3.8, 4) is 0 Å². The van der Waals surface area contributed by atoms with Gasteiger partial charge in [0.15, 0.2) is 0 Å². The van der Waals surface area contributed by atoms with Crippen molar-refractivity contribution in [2.24, 2.45) is 0 Å². The van der Waals surface area contributed by atoms with Crippen LogP contribution < -0.4 is 0 Å². The molecule has 0 radical (unpaired) electrons. The van der Waals surface area contributed by atoms with E-state index in [0.29, 0.717) is 12.6 Å². The summed E-state index contributed by atoms with van der Waals surface area (Å²) in [4.78, 5) is 12.5. The number of nitrogens with zero attached hydrogens (tertiary/aromatic N) is 4. The topological polar surface area (TPSA) is 84.4 Å². The summed E-state index contributed by atoms with van der Waals surface area (Å²) in [6, 6.07) is 9.04. The van der Waals surface area contributed by atoms with Crippen LogP contribution in [0.15, 0.2) is 36.7 Å². The maximum atomic E-state index is 10.7. The summed E-state index contributed by atoms with van der Waals surface area (Å²) in [6.45, 7) is 3.89. The van der Waals surface area contributed by atoms with Crippen LogP contribution >= 0.6 is 0 Å². The lowest BCUT2D eigenvalue weighted by molar-refractivity contribution is -0.385. The highest BCUT2D eigenvalue weighted by Crippen LogP contribution is 2.22. The Kier molecular flexibility index (Phi) is 5.45. The second-order valence-electron chi connectivity index (χ2n) is 6.81. The molecule has 134 valence electrons. The molecule has 2 unspecified atom stereocenters. The highest BCUT2D eigenvalue weighted by Gasteiger charge is 2.26. The van der Waals surface area contributed by atoms with Crippen molar-refractivity contribution >= 4 is 5.69 Å². The fourth-order valence-electron chi connectivity index (χ4n) is 3.45. The molecular weight excluding hydrogens is 320 g/mol. The average Bonchev–Trinajstić information content (AvgIpc) is 3.20. The van der Waals surface area contributed by atoms with Gasteiger partial charge in [0, 0.05) is 12.6 Å². The van der Waals surface area contributed by atoms with E-state index < -0.39 is 11.0 Å². The summed E-state index contributed by atoms with van der Waals surface area (Å²) in [5.41, 5.74) is 2.53. The van der Waals surface area contributed by atoms with Gasteiger partial charge in [-0.05, 0) is 38.3 Å². The van der Waals surface area contributed by atoms with Crippen molar-refractivity contribution in [1.29, 1.82) is 0 Å². The Balaban J connectivity index is 1.54. The molecule has 0 saturated carbocycles. The Morgan fingerprint density at radius 2 is 2.12 bits per heavy atom. The summed E-state index contributed by atoms with van der Waals surface area (Å²) in [5.74, 6) is 0. The molecule has 1 aromatic carbocycles. The van der Waals surface area contributed by atoms with Crippen LogP contribution in [0.2, 0.25) is 0 Å². The minimum Gasteiger partial charge on any atom is -0.390 e. The smallest absolute Gasteiger partial charge is 0.306 e. The molecule has 1 fully saturated rings. The third kappa shape index (κ3) is 4.64. The SMILES string of the molecule is Cc1ccc(CC2CCCN2CC(O)Cn2cc([N+](=O)[O-])cn2)cc1. The zero-order valence-corrected chi connectivity index (χ0v) is 14.4. The summed E-state index contributed by atoms with van der Waals surface area (Å²) in [7, 11) is 0. The van der Waals surface area contributed by atoms with Crippen molar-refractivity contribution in [3.05, 3.63) is 57.9 Å². The van der Waals surface area contributed by atoms with E-state index in [2.05, 4.69) is 41.2 Å². The Labute approximate surface area is 147 Å². The summed E-state index contributed by atoms with van der Waals surface area (Å²) >= 11 is 0. The second kappa shape index (κ2) is 7.76. The van der Waals surface area contributed by atoms with E-state index >= 15 is 0 Å². The van der Waals surface area contributed by atoms with Crippen LogP contribution in [0.5, 0.6) is 0 Å². The molecule has 2 aromatic rings. The van der Waals surface area contributed by atoms with Crippen molar-refractivity contribution in [2.75, 3.05) is 13.1 Å². The Hall–Kier alpha value is -2.25. The summed E-state index contributed by atoms with van der Waals surface area (Å²) in [5, 5.41) is 25.0. The van der Waals surface area contributed by atoms with Crippen molar-refractivity contribution in [2.45, 2.75) is 44.9 Å². The minimum absolute atomic E-state index is 0.0504. The quantitative estimate of drug-likeness (QED) is 0.615. The molecule has 1 aliphatic heterocycles. The van der Waals surface area contributed by atoms with Crippen LogP contribution in [0, 0.1) is 17.0 Å². The zero-order chi connectivity index (χ0) is 17.8. The molecule has 1 aromatic heterocycles. The summed E-state index contributed by atoms with van der Waals surface area (Å²) < 4.78 is 1.44. The zero-order valence-electron chi connectivity index (χ0n) is 14.4. The Morgan fingerprint density at radius 1 is 1.36 bits per heavy atom. The first-order valence-electron chi connectivity index (χ1n) is 8.66. The fourth-order valence-corrected chi connectivity index (χ4v) is 3.45. The normalized spacial score (nSPS) is 19.2. The van der Waals surface area contributed by atoms with Gasteiger partial charge in [-0.3, -0.25) is 19.7 Å². The van der Waals surface area contributed by atoms with Gasteiger partial charge in [-0.2, -0.15) is 5.10 Å². The van der Waals surface area contributed by atoms with Crippen LogP contribution in [-0.2, 0) is 13.0 Å². The molecule has 2 heterocycles. The van der Waals surface area contributed by atoms with Gasteiger partial charge in [-0.1, -0.05) is 29.8 Å². The maximum Gasteiger partial charge on any atom is 0.306 e. The van der Waals surface area contributed by atoms with E-state index in [0.717, 1.165) is 25.8 Å². The third-order valence-corrected chi connectivity index (χ3v) is 4.76. The first-order valence-corrected chi connectivity index (χ1v) is 8.66. The number of benzene rings is 1. The van der Waals surface area contributed by atoms with Gasteiger partial charge in [-0.25, -0.2) is 0 Å². The van der Waals surface area contributed by atoms with Crippen molar-refractivity contribution < 1.29 is 10.0 Å². The lowest BCUT2D eigenvalue weighted by atomic mass is 10.0. The lowest BCUT2D eigenvalue weighted by Crippen LogP contribution is -2.39. The number of hydrogen-bond acceptors (Lipinski definition) is 5. The summed E-state index contributed by atoms with van der Waals surface area (Å²) in [6.07, 6.45) is 5.22. The highest BCUT2D eigenvalue weighted by atomic mass is 16.6. The van der Waals surface area contributed by atoms with Gasteiger partial charge in [0.1, 0.15) is 12.4 Å². The number of aliphatic hydroxyl groups excluding tert-OH is 1. The predicted molar refractivity (Wildman–Crippen MR) is 94.4 cm³/mol. The molecule has 1 saturated heterocycles. The van der Waals surface area contributed by atoms with Crippen LogP contribution in [0.25, 0.3) is 0 Å². The Bertz CT molecular complexity index is 713. The molecule has 7 heteroatoms. The van der Waals surface area contributed by atoms with E-state index in [1.54, 1.807) is 0 Å². The molecule has 7 nitrogen and oxygen atoms in total. The van der Waals surface area contributed by atoms with Crippen LogP contribution in [0.4, 0.5) is 5.69 Å². The molecule has 2 atom stereocenters. The lowest BCUT2D eigenvalue weighted by Gasteiger charge is -2.27. The largest absolute Gasteiger partial charge is 0.390 e. The van der Waals surface area contributed by atoms with Gasteiger partial charge in [0.2, 0.25) is 0 Å². The second-order valence-corrected chi connectivity index (χ2v) is 6.81. The predicted octanol–water partition coefficient (Wildman–Crippen LogP) is 2.17.